The van der Waals surface area contributed by atoms with Crippen molar-refractivity contribution >= 4 is 21.8 Å². The van der Waals surface area contributed by atoms with E-state index in [0.29, 0.717) is 0 Å². The van der Waals surface area contributed by atoms with Gasteiger partial charge in [0.25, 0.3) is 21.8 Å². The summed E-state index contributed by atoms with van der Waals surface area (Å²) in [5, 5.41) is 2.72. The predicted molar refractivity (Wildman–Crippen MR) is 87.1 cm³/mol. The molecular weight excluding hydrogens is 334 g/mol. The Morgan fingerprint density at radius 1 is 1.38 bits per heavy atom. The van der Waals surface area contributed by atoms with Crippen LogP contribution in [0.2, 0.25) is 0 Å². The Morgan fingerprint density at radius 3 is 2.62 bits per heavy atom. The van der Waals surface area contributed by atoms with E-state index in [4.69, 9.17) is 10.5 Å². The van der Waals surface area contributed by atoms with Gasteiger partial charge >= 0.3 is 0 Å². The molecule has 1 aliphatic heterocycles. The van der Waals surface area contributed by atoms with Crippen LogP contribution in [0.5, 0.6) is 0 Å². The fourth-order valence-corrected chi connectivity index (χ4v) is 3.82. The average Bonchev–Trinajstić information content (AvgIpc) is 2.71. The number of amides is 2. The minimum absolute atomic E-state index is 0.0562. The van der Waals surface area contributed by atoms with E-state index in [1.165, 1.54) is 25.3 Å². The van der Waals surface area contributed by atoms with Gasteiger partial charge in [-0.05, 0) is 32.0 Å². The minimum atomic E-state index is -3.97. The van der Waals surface area contributed by atoms with E-state index in [-0.39, 0.29) is 35.7 Å². The molecule has 2 amide bonds. The Labute approximate surface area is 141 Å². The molecular formula is C15H21N3O5S. The smallest absolute Gasteiger partial charge is 0.269 e. The van der Waals surface area contributed by atoms with Gasteiger partial charge in [-0.15, -0.1) is 0 Å². The first-order valence-corrected chi connectivity index (χ1v) is 8.80. The zero-order valence-corrected chi connectivity index (χ0v) is 14.6. The number of fused-ring (bicyclic) bond motifs is 1. The zero-order chi connectivity index (χ0) is 18.1. The van der Waals surface area contributed by atoms with E-state index in [0.717, 1.165) is 4.31 Å². The lowest BCUT2D eigenvalue weighted by atomic mass is 10.0. The average molecular weight is 355 g/mol. The number of rotatable bonds is 6. The van der Waals surface area contributed by atoms with Gasteiger partial charge in [-0.2, -0.15) is 0 Å². The Hall–Kier alpha value is -1.97. The molecule has 1 aromatic rings. The largest absolute Gasteiger partial charge is 0.383 e. The van der Waals surface area contributed by atoms with Crippen molar-refractivity contribution in [3.8, 4) is 0 Å². The van der Waals surface area contributed by atoms with Crippen molar-refractivity contribution in [1.29, 1.82) is 0 Å². The topological polar surface area (TPSA) is 119 Å². The summed E-state index contributed by atoms with van der Waals surface area (Å²) in [7, 11) is -2.56. The summed E-state index contributed by atoms with van der Waals surface area (Å²) in [4.78, 5) is 24.4. The number of nitrogens with zero attached hydrogens (tertiary/aromatic N) is 1. The maximum absolute atomic E-state index is 12.5. The summed E-state index contributed by atoms with van der Waals surface area (Å²) in [6.07, 6.45) is 0. The molecule has 3 N–H and O–H groups in total. The summed E-state index contributed by atoms with van der Waals surface area (Å²) in [5.41, 5.74) is 5.15. The lowest BCUT2D eigenvalue weighted by molar-refractivity contribution is 0.0835. The van der Waals surface area contributed by atoms with Gasteiger partial charge in [0.05, 0.1) is 18.7 Å². The number of ether oxygens (including phenoxy) is 1. The first-order valence-electron chi connectivity index (χ1n) is 7.36. The first kappa shape index (κ1) is 18.4. The molecule has 1 heterocycles. The van der Waals surface area contributed by atoms with Crippen LogP contribution in [0.1, 0.15) is 34.6 Å². The van der Waals surface area contributed by atoms with Crippen LogP contribution in [-0.2, 0) is 14.8 Å². The fraction of sp³-hybridized carbons (Fsp3) is 0.467. The lowest BCUT2D eigenvalue weighted by Crippen LogP contribution is -2.48. The Morgan fingerprint density at radius 2 is 2.04 bits per heavy atom. The zero-order valence-electron chi connectivity index (χ0n) is 13.8. The van der Waals surface area contributed by atoms with Crippen LogP contribution in [-0.4, -0.2) is 56.9 Å². The SMILES string of the molecule is COCCN1C(=O)c2ccc(C(=O)NC(C)(C)CN)cc2S1(=O)=O. The van der Waals surface area contributed by atoms with E-state index in [9.17, 15) is 18.0 Å². The summed E-state index contributed by atoms with van der Waals surface area (Å²) in [6, 6.07) is 4.00. The highest BCUT2D eigenvalue weighted by atomic mass is 32.2. The van der Waals surface area contributed by atoms with Crippen molar-refractivity contribution in [2.45, 2.75) is 24.3 Å². The third-order valence-corrected chi connectivity index (χ3v) is 5.55. The number of methoxy groups -OCH3 is 1. The highest BCUT2D eigenvalue weighted by Gasteiger charge is 2.41. The summed E-state index contributed by atoms with van der Waals surface area (Å²) < 4.78 is 30.6. The van der Waals surface area contributed by atoms with Crippen LogP contribution < -0.4 is 11.1 Å². The standard InChI is InChI=1S/C15H21N3O5S/c1-15(2,9-16)17-13(19)10-4-5-11-12(8-10)24(21,22)18(14(11)20)6-7-23-3/h4-5,8H,6-7,9,16H2,1-3H3,(H,17,19). The van der Waals surface area contributed by atoms with Crippen LogP contribution in [0.4, 0.5) is 0 Å². The number of benzene rings is 1. The number of carbonyl (C=O) groups is 2. The molecule has 2 rings (SSSR count). The van der Waals surface area contributed by atoms with E-state index in [1.54, 1.807) is 13.8 Å². The van der Waals surface area contributed by atoms with Crippen molar-refractivity contribution in [1.82, 2.24) is 9.62 Å². The quantitative estimate of drug-likeness (QED) is 0.738. The van der Waals surface area contributed by atoms with Crippen molar-refractivity contribution in [3.05, 3.63) is 29.3 Å². The van der Waals surface area contributed by atoms with Gasteiger partial charge in [0.15, 0.2) is 0 Å². The normalized spacial score (nSPS) is 16.2. The van der Waals surface area contributed by atoms with E-state index >= 15 is 0 Å². The van der Waals surface area contributed by atoms with E-state index in [1.807, 2.05) is 0 Å². The van der Waals surface area contributed by atoms with Crippen molar-refractivity contribution in [2.24, 2.45) is 5.73 Å². The van der Waals surface area contributed by atoms with Gasteiger partial charge in [0.2, 0.25) is 0 Å². The van der Waals surface area contributed by atoms with Gasteiger partial charge in [0.1, 0.15) is 4.90 Å². The van der Waals surface area contributed by atoms with E-state index < -0.39 is 27.4 Å². The molecule has 0 radical (unpaired) electrons. The molecule has 0 saturated heterocycles. The van der Waals surface area contributed by atoms with Crippen LogP contribution in [0.25, 0.3) is 0 Å². The van der Waals surface area contributed by atoms with Gasteiger partial charge < -0.3 is 15.8 Å². The monoisotopic (exact) mass is 355 g/mol. The second-order valence-corrected chi connectivity index (χ2v) is 7.96. The third-order valence-electron chi connectivity index (χ3n) is 3.73. The van der Waals surface area contributed by atoms with Crippen LogP contribution in [0, 0.1) is 0 Å². The number of nitrogens with one attached hydrogen (secondary N) is 1. The van der Waals surface area contributed by atoms with Crippen LogP contribution >= 0.6 is 0 Å². The number of nitrogens with two attached hydrogens (primary N) is 1. The number of sulfonamides is 1. The maximum Gasteiger partial charge on any atom is 0.269 e. The van der Waals surface area contributed by atoms with Crippen molar-refractivity contribution < 1.29 is 22.7 Å². The van der Waals surface area contributed by atoms with E-state index in [2.05, 4.69) is 5.32 Å². The molecule has 0 unspecified atom stereocenters. The molecule has 0 aliphatic carbocycles. The Kier molecular flexibility index (Phi) is 4.97. The minimum Gasteiger partial charge on any atom is -0.383 e. The fourth-order valence-electron chi connectivity index (χ4n) is 2.24. The maximum atomic E-state index is 12.5. The molecule has 0 atom stereocenters. The molecule has 0 spiro atoms. The van der Waals surface area contributed by atoms with Crippen LogP contribution in [0.15, 0.2) is 23.1 Å². The lowest BCUT2D eigenvalue weighted by Gasteiger charge is -2.24. The molecule has 24 heavy (non-hydrogen) atoms. The molecule has 0 bridgehead atoms. The molecule has 0 fully saturated rings. The summed E-state index contributed by atoms with van der Waals surface area (Å²) >= 11 is 0. The van der Waals surface area contributed by atoms with Gasteiger partial charge in [0, 0.05) is 24.8 Å². The second-order valence-electron chi connectivity index (χ2n) is 6.13. The molecule has 0 saturated carbocycles. The van der Waals surface area contributed by atoms with Crippen molar-refractivity contribution in [3.63, 3.8) is 0 Å². The molecule has 8 nitrogen and oxygen atoms in total. The summed E-state index contributed by atoms with van der Waals surface area (Å²) in [5.74, 6) is -1.07. The van der Waals surface area contributed by atoms with Crippen molar-refractivity contribution in [2.75, 3.05) is 26.8 Å². The summed E-state index contributed by atoms with van der Waals surface area (Å²) in [6.45, 7) is 3.76. The molecule has 0 aromatic heterocycles. The number of hydrogen-bond donors (Lipinski definition) is 2. The first-order chi connectivity index (χ1) is 11.1. The molecule has 1 aliphatic rings. The predicted octanol–water partition coefficient (Wildman–Crippen LogP) is -0.0554. The van der Waals surface area contributed by atoms with Crippen LogP contribution in [0.3, 0.4) is 0 Å². The highest BCUT2D eigenvalue weighted by molar-refractivity contribution is 7.90. The van der Waals surface area contributed by atoms with Gasteiger partial charge in [-0.25, -0.2) is 12.7 Å². The molecule has 1 aromatic carbocycles. The Bertz CT molecular complexity index is 773. The number of carbonyl (C=O) groups excluding carboxylic acids is 2. The third kappa shape index (κ3) is 3.28. The second kappa shape index (κ2) is 6.50. The molecule has 9 heteroatoms. The number of hydrogen-bond acceptors (Lipinski definition) is 6. The molecule has 132 valence electrons. The van der Waals surface area contributed by atoms with Gasteiger partial charge in [-0.1, -0.05) is 0 Å². The Balaban J connectivity index is 2.37. The van der Waals surface area contributed by atoms with Gasteiger partial charge in [-0.3, -0.25) is 9.59 Å². The highest BCUT2D eigenvalue weighted by Crippen LogP contribution is 2.30.